The summed E-state index contributed by atoms with van der Waals surface area (Å²) in [5, 5.41) is 7.41. The molecule has 4 heteroatoms. The minimum Gasteiger partial charge on any atom is -0.489 e. The first-order valence-electron chi connectivity index (χ1n) is 5.66. The van der Waals surface area contributed by atoms with E-state index in [1.54, 1.807) is 10.9 Å². The number of para-hydroxylation sites is 2. The standard InChI is InChI=1S/C13H17N3O/c1-10(2)17-13-7-5-4-6-12(13)15-11-8-14-16(3)9-11/h4-10,15H,1-3H3. The Hall–Kier alpha value is -1.97. The Labute approximate surface area is 101 Å². The van der Waals surface area contributed by atoms with Gasteiger partial charge in [-0.1, -0.05) is 12.1 Å². The highest BCUT2D eigenvalue weighted by Gasteiger charge is 2.05. The molecule has 0 atom stereocenters. The van der Waals surface area contributed by atoms with Crippen LogP contribution in [-0.4, -0.2) is 15.9 Å². The average molecular weight is 231 g/mol. The van der Waals surface area contributed by atoms with Crippen molar-refractivity contribution in [2.75, 3.05) is 5.32 Å². The third-order valence-electron chi connectivity index (χ3n) is 2.23. The van der Waals surface area contributed by atoms with Gasteiger partial charge in [0.1, 0.15) is 5.75 Å². The van der Waals surface area contributed by atoms with Gasteiger partial charge in [0.25, 0.3) is 0 Å². The maximum absolute atomic E-state index is 5.73. The monoisotopic (exact) mass is 231 g/mol. The van der Waals surface area contributed by atoms with Crippen molar-refractivity contribution in [3.63, 3.8) is 0 Å². The molecule has 1 aromatic heterocycles. The number of hydrogen-bond acceptors (Lipinski definition) is 3. The Morgan fingerprint density at radius 3 is 2.71 bits per heavy atom. The van der Waals surface area contributed by atoms with Crippen LogP contribution in [0.25, 0.3) is 0 Å². The van der Waals surface area contributed by atoms with Gasteiger partial charge in [0.2, 0.25) is 0 Å². The van der Waals surface area contributed by atoms with Crippen LogP contribution in [0.4, 0.5) is 11.4 Å². The molecule has 90 valence electrons. The van der Waals surface area contributed by atoms with E-state index in [0.717, 1.165) is 17.1 Å². The van der Waals surface area contributed by atoms with Crippen molar-refractivity contribution < 1.29 is 4.74 Å². The van der Waals surface area contributed by atoms with Crippen LogP contribution in [0.15, 0.2) is 36.7 Å². The van der Waals surface area contributed by atoms with Crippen molar-refractivity contribution in [1.29, 1.82) is 0 Å². The summed E-state index contributed by atoms with van der Waals surface area (Å²) in [4.78, 5) is 0. The van der Waals surface area contributed by atoms with E-state index < -0.39 is 0 Å². The highest BCUT2D eigenvalue weighted by atomic mass is 16.5. The number of anilines is 2. The van der Waals surface area contributed by atoms with Gasteiger partial charge in [-0.2, -0.15) is 5.10 Å². The third-order valence-corrected chi connectivity index (χ3v) is 2.23. The van der Waals surface area contributed by atoms with Crippen LogP contribution in [0.2, 0.25) is 0 Å². The van der Waals surface area contributed by atoms with Crippen molar-refractivity contribution in [3.05, 3.63) is 36.7 Å². The number of hydrogen-bond donors (Lipinski definition) is 1. The second-order valence-corrected chi connectivity index (χ2v) is 4.19. The first kappa shape index (κ1) is 11.5. The maximum Gasteiger partial charge on any atom is 0.143 e. The summed E-state index contributed by atoms with van der Waals surface area (Å²) in [6, 6.07) is 7.89. The average Bonchev–Trinajstić information content (AvgIpc) is 2.66. The Kier molecular flexibility index (Phi) is 3.32. The molecule has 1 aromatic carbocycles. The second-order valence-electron chi connectivity index (χ2n) is 4.19. The van der Waals surface area contributed by atoms with Gasteiger partial charge in [-0.15, -0.1) is 0 Å². The van der Waals surface area contributed by atoms with Crippen LogP contribution in [0.3, 0.4) is 0 Å². The summed E-state index contributed by atoms with van der Waals surface area (Å²) in [6.45, 7) is 4.03. The Bertz CT molecular complexity index is 491. The number of benzene rings is 1. The van der Waals surface area contributed by atoms with Gasteiger partial charge in [-0.05, 0) is 26.0 Å². The van der Waals surface area contributed by atoms with Gasteiger partial charge in [-0.25, -0.2) is 0 Å². The number of ether oxygens (including phenoxy) is 1. The summed E-state index contributed by atoms with van der Waals surface area (Å²) in [5.41, 5.74) is 1.90. The molecule has 0 aliphatic rings. The number of aryl methyl sites for hydroxylation is 1. The lowest BCUT2D eigenvalue weighted by molar-refractivity contribution is 0.244. The second kappa shape index (κ2) is 4.91. The first-order valence-corrected chi connectivity index (χ1v) is 5.66. The van der Waals surface area contributed by atoms with Crippen molar-refractivity contribution in [2.45, 2.75) is 20.0 Å². The highest BCUT2D eigenvalue weighted by molar-refractivity contribution is 5.65. The number of nitrogens with one attached hydrogen (secondary N) is 1. The predicted octanol–water partition coefficient (Wildman–Crippen LogP) is 2.95. The fraction of sp³-hybridized carbons (Fsp3) is 0.308. The zero-order valence-electron chi connectivity index (χ0n) is 10.3. The zero-order valence-corrected chi connectivity index (χ0v) is 10.3. The molecule has 17 heavy (non-hydrogen) atoms. The summed E-state index contributed by atoms with van der Waals surface area (Å²) in [5.74, 6) is 0.853. The van der Waals surface area contributed by atoms with Gasteiger partial charge in [0, 0.05) is 13.2 Å². The lowest BCUT2D eigenvalue weighted by atomic mass is 10.3. The van der Waals surface area contributed by atoms with E-state index in [9.17, 15) is 0 Å². The molecule has 0 radical (unpaired) electrons. The van der Waals surface area contributed by atoms with Crippen LogP contribution >= 0.6 is 0 Å². The molecule has 1 N–H and O–H groups in total. The van der Waals surface area contributed by atoms with Gasteiger partial charge < -0.3 is 10.1 Å². The quantitative estimate of drug-likeness (QED) is 0.879. The molecular weight excluding hydrogens is 214 g/mol. The van der Waals surface area contributed by atoms with Gasteiger partial charge in [-0.3, -0.25) is 4.68 Å². The van der Waals surface area contributed by atoms with E-state index >= 15 is 0 Å². The normalized spacial score (nSPS) is 10.6. The smallest absolute Gasteiger partial charge is 0.143 e. The van der Waals surface area contributed by atoms with Crippen LogP contribution in [0, 0.1) is 0 Å². The number of rotatable bonds is 4. The summed E-state index contributed by atoms with van der Waals surface area (Å²) < 4.78 is 7.49. The molecule has 0 saturated heterocycles. The van der Waals surface area contributed by atoms with Crippen LogP contribution in [0.5, 0.6) is 5.75 Å². The lowest BCUT2D eigenvalue weighted by Gasteiger charge is -2.14. The minimum absolute atomic E-state index is 0.159. The largest absolute Gasteiger partial charge is 0.489 e. The zero-order chi connectivity index (χ0) is 12.3. The molecule has 0 aliphatic heterocycles. The van der Waals surface area contributed by atoms with E-state index in [1.165, 1.54) is 0 Å². The number of aromatic nitrogens is 2. The summed E-state index contributed by atoms with van der Waals surface area (Å²) in [7, 11) is 1.89. The van der Waals surface area contributed by atoms with E-state index in [0.29, 0.717) is 0 Å². The highest BCUT2D eigenvalue weighted by Crippen LogP contribution is 2.27. The summed E-state index contributed by atoms with van der Waals surface area (Å²) in [6.07, 6.45) is 3.87. The fourth-order valence-electron chi connectivity index (χ4n) is 1.57. The lowest BCUT2D eigenvalue weighted by Crippen LogP contribution is -2.07. The maximum atomic E-state index is 5.73. The van der Waals surface area contributed by atoms with Crippen LogP contribution in [0.1, 0.15) is 13.8 Å². The van der Waals surface area contributed by atoms with Gasteiger partial charge in [0.05, 0.1) is 23.7 Å². The summed E-state index contributed by atoms with van der Waals surface area (Å²) >= 11 is 0. The molecule has 0 unspecified atom stereocenters. The molecule has 0 fully saturated rings. The molecule has 2 rings (SSSR count). The molecular formula is C13H17N3O. The van der Waals surface area contributed by atoms with Crippen molar-refractivity contribution in [3.8, 4) is 5.75 Å². The molecule has 1 heterocycles. The third kappa shape index (κ3) is 3.00. The molecule has 0 aliphatic carbocycles. The molecule has 0 amide bonds. The van der Waals surface area contributed by atoms with Gasteiger partial charge in [0.15, 0.2) is 0 Å². The topological polar surface area (TPSA) is 39.1 Å². The first-order chi connectivity index (χ1) is 8.15. The van der Waals surface area contributed by atoms with E-state index in [1.807, 2.05) is 51.4 Å². The Morgan fingerprint density at radius 2 is 2.06 bits per heavy atom. The molecule has 0 saturated carbocycles. The Morgan fingerprint density at radius 1 is 1.29 bits per heavy atom. The van der Waals surface area contributed by atoms with Crippen molar-refractivity contribution >= 4 is 11.4 Å². The van der Waals surface area contributed by atoms with Crippen molar-refractivity contribution in [2.24, 2.45) is 7.05 Å². The van der Waals surface area contributed by atoms with Crippen molar-refractivity contribution in [1.82, 2.24) is 9.78 Å². The Balaban J connectivity index is 2.20. The fourth-order valence-corrected chi connectivity index (χ4v) is 1.57. The minimum atomic E-state index is 0.159. The van der Waals surface area contributed by atoms with E-state index in [4.69, 9.17) is 4.74 Å². The van der Waals surface area contributed by atoms with E-state index in [2.05, 4.69) is 10.4 Å². The molecule has 4 nitrogen and oxygen atoms in total. The molecule has 0 bridgehead atoms. The van der Waals surface area contributed by atoms with E-state index in [-0.39, 0.29) is 6.10 Å². The predicted molar refractivity (Wildman–Crippen MR) is 68.7 cm³/mol. The van der Waals surface area contributed by atoms with Crippen LogP contribution in [-0.2, 0) is 7.05 Å². The van der Waals surface area contributed by atoms with Crippen LogP contribution < -0.4 is 10.1 Å². The van der Waals surface area contributed by atoms with Gasteiger partial charge >= 0.3 is 0 Å². The SMILES string of the molecule is CC(C)Oc1ccccc1Nc1cnn(C)c1. The number of nitrogens with zero attached hydrogens (tertiary/aromatic N) is 2. The molecule has 0 spiro atoms. The molecule has 2 aromatic rings.